The van der Waals surface area contributed by atoms with Crippen LogP contribution in [0.25, 0.3) is 11.1 Å². The lowest BCUT2D eigenvalue weighted by molar-refractivity contribution is 0.103. The van der Waals surface area contributed by atoms with Gasteiger partial charge in [-0.25, -0.2) is 0 Å². The number of nitrogens with one attached hydrogen (secondary N) is 1. The molecule has 0 spiro atoms. The summed E-state index contributed by atoms with van der Waals surface area (Å²) in [6, 6.07) is 19.3. The van der Waals surface area contributed by atoms with E-state index in [2.05, 4.69) is 22.3 Å². The van der Waals surface area contributed by atoms with E-state index in [0.29, 0.717) is 28.8 Å². The highest BCUT2D eigenvalue weighted by atomic mass is 35.5. The maximum atomic E-state index is 12.8. The van der Waals surface area contributed by atoms with Crippen molar-refractivity contribution in [3.63, 3.8) is 0 Å². The van der Waals surface area contributed by atoms with Crippen LogP contribution in [0.3, 0.4) is 0 Å². The van der Waals surface area contributed by atoms with Crippen molar-refractivity contribution < 1.29 is 9.53 Å². The number of hydrogen-bond acceptors (Lipinski definition) is 4. The molecule has 0 radical (unpaired) electrons. The van der Waals surface area contributed by atoms with Crippen molar-refractivity contribution in [1.82, 2.24) is 0 Å². The normalized spacial score (nSPS) is 14.2. The van der Waals surface area contributed by atoms with Crippen molar-refractivity contribution >= 4 is 39.5 Å². The van der Waals surface area contributed by atoms with Gasteiger partial charge in [0.1, 0.15) is 0 Å². The third kappa shape index (κ3) is 4.16. The van der Waals surface area contributed by atoms with E-state index in [0.717, 1.165) is 29.2 Å². The Kier molecular flexibility index (Phi) is 5.43. The Morgan fingerprint density at radius 2 is 1.81 bits per heavy atom. The molecule has 1 N–H and O–H groups in total. The van der Waals surface area contributed by atoms with Gasteiger partial charge in [-0.2, -0.15) is 0 Å². The number of rotatable bonds is 4. The van der Waals surface area contributed by atoms with Crippen LogP contribution in [0.2, 0.25) is 5.02 Å². The molecule has 0 atom stereocenters. The molecular formula is C21H19ClN2O2S. The minimum atomic E-state index is -0.126. The lowest BCUT2D eigenvalue weighted by Crippen LogP contribution is -2.35. The number of benzene rings is 2. The molecule has 4 rings (SSSR count). The van der Waals surface area contributed by atoms with Gasteiger partial charge in [0.15, 0.2) is 0 Å². The first-order valence-electron chi connectivity index (χ1n) is 8.79. The van der Waals surface area contributed by atoms with E-state index in [4.69, 9.17) is 16.3 Å². The average Bonchev–Trinajstić information content (AvgIpc) is 3.15. The van der Waals surface area contributed by atoms with E-state index >= 15 is 0 Å². The third-order valence-corrected chi connectivity index (χ3v) is 5.83. The van der Waals surface area contributed by atoms with Crippen LogP contribution >= 0.6 is 22.9 Å². The smallest absolute Gasteiger partial charge is 0.265 e. The van der Waals surface area contributed by atoms with Crippen molar-refractivity contribution in [2.45, 2.75) is 0 Å². The Morgan fingerprint density at radius 3 is 2.56 bits per heavy atom. The van der Waals surface area contributed by atoms with E-state index in [9.17, 15) is 4.79 Å². The number of ether oxygens (including phenoxy) is 1. The number of carbonyl (C=O) groups is 1. The predicted octanol–water partition coefficient (Wildman–Crippen LogP) is 5.16. The molecule has 1 saturated heterocycles. The fourth-order valence-electron chi connectivity index (χ4n) is 3.08. The number of morpholine rings is 1. The molecule has 0 saturated carbocycles. The van der Waals surface area contributed by atoms with E-state index in [-0.39, 0.29) is 5.91 Å². The highest BCUT2D eigenvalue weighted by Gasteiger charge is 2.22. The van der Waals surface area contributed by atoms with Crippen LogP contribution < -0.4 is 10.2 Å². The molecule has 1 fully saturated rings. The summed E-state index contributed by atoms with van der Waals surface area (Å²) in [7, 11) is 0. The second-order valence-corrected chi connectivity index (χ2v) is 7.73. The second kappa shape index (κ2) is 8.13. The summed E-state index contributed by atoms with van der Waals surface area (Å²) in [6.07, 6.45) is 0. The zero-order valence-corrected chi connectivity index (χ0v) is 16.2. The lowest BCUT2D eigenvalue weighted by atomic mass is 10.1. The van der Waals surface area contributed by atoms with E-state index in [1.807, 2.05) is 36.4 Å². The van der Waals surface area contributed by atoms with Crippen LogP contribution in [0.1, 0.15) is 9.67 Å². The largest absolute Gasteiger partial charge is 0.378 e. The number of nitrogens with zero attached hydrogens (tertiary/aromatic N) is 1. The predicted molar refractivity (Wildman–Crippen MR) is 112 cm³/mol. The summed E-state index contributed by atoms with van der Waals surface area (Å²) in [4.78, 5) is 15.8. The molecule has 3 aromatic rings. The van der Waals surface area contributed by atoms with E-state index in [1.54, 1.807) is 12.1 Å². The highest BCUT2D eigenvalue weighted by Crippen LogP contribution is 2.39. The van der Waals surface area contributed by atoms with Crippen LogP contribution in [0.5, 0.6) is 0 Å². The molecule has 1 amide bonds. The Labute approximate surface area is 167 Å². The first-order valence-corrected chi connectivity index (χ1v) is 9.99. The van der Waals surface area contributed by atoms with Crippen molar-refractivity contribution in [3.8, 4) is 11.1 Å². The number of hydrogen-bond donors (Lipinski definition) is 1. The fraction of sp³-hybridized carbons (Fsp3) is 0.190. The van der Waals surface area contributed by atoms with Gasteiger partial charge < -0.3 is 15.0 Å². The fourth-order valence-corrected chi connectivity index (χ4v) is 4.40. The third-order valence-electron chi connectivity index (χ3n) is 4.40. The highest BCUT2D eigenvalue weighted by molar-refractivity contribution is 7.18. The van der Waals surface area contributed by atoms with Gasteiger partial charge in [-0.05, 0) is 29.8 Å². The molecular weight excluding hydrogens is 380 g/mol. The van der Waals surface area contributed by atoms with Crippen molar-refractivity contribution in [2.24, 2.45) is 0 Å². The molecule has 2 aromatic carbocycles. The molecule has 6 heteroatoms. The SMILES string of the molecule is O=C(Nc1cccc(Cl)c1)c1cc(-c2ccccc2)c(N2CCOCC2)s1. The van der Waals surface area contributed by atoms with Gasteiger partial charge in [0, 0.05) is 29.4 Å². The summed E-state index contributed by atoms with van der Waals surface area (Å²) >= 11 is 7.54. The summed E-state index contributed by atoms with van der Waals surface area (Å²) in [5.41, 5.74) is 2.88. The van der Waals surface area contributed by atoms with Crippen LogP contribution in [-0.2, 0) is 4.74 Å². The monoisotopic (exact) mass is 398 g/mol. The van der Waals surface area contributed by atoms with Crippen molar-refractivity contribution in [3.05, 3.63) is 70.6 Å². The minimum absolute atomic E-state index is 0.126. The molecule has 2 heterocycles. The van der Waals surface area contributed by atoms with E-state index < -0.39 is 0 Å². The van der Waals surface area contributed by atoms with E-state index in [1.165, 1.54) is 11.3 Å². The number of anilines is 2. The van der Waals surface area contributed by atoms with Gasteiger partial charge in [0.2, 0.25) is 0 Å². The molecule has 138 valence electrons. The molecule has 1 aliphatic rings. The minimum Gasteiger partial charge on any atom is -0.378 e. The van der Waals surface area contributed by atoms with Crippen LogP contribution in [0, 0.1) is 0 Å². The number of thiophene rings is 1. The van der Waals surface area contributed by atoms with Gasteiger partial charge >= 0.3 is 0 Å². The molecule has 0 bridgehead atoms. The Hall–Kier alpha value is -2.34. The zero-order valence-electron chi connectivity index (χ0n) is 14.7. The van der Waals surface area contributed by atoms with Crippen LogP contribution in [0.4, 0.5) is 10.7 Å². The molecule has 0 unspecified atom stereocenters. The molecule has 1 aromatic heterocycles. The summed E-state index contributed by atoms with van der Waals surface area (Å²) in [5, 5.41) is 4.64. The van der Waals surface area contributed by atoms with Gasteiger partial charge in [0.25, 0.3) is 5.91 Å². The molecule has 0 aliphatic carbocycles. The van der Waals surface area contributed by atoms with Crippen molar-refractivity contribution in [1.29, 1.82) is 0 Å². The Morgan fingerprint density at radius 1 is 1.04 bits per heavy atom. The number of halogens is 1. The lowest BCUT2D eigenvalue weighted by Gasteiger charge is -2.28. The first-order chi connectivity index (χ1) is 13.2. The summed E-state index contributed by atoms with van der Waals surface area (Å²) < 4.78 is 5.48. The quantitative estimate of drug-likeness (QED) is 0.660. The summed E-state index contributed by atoms with van der Waals surface area (Å²) in [5.74, 6) is -0.126. The molecule has 27 heavy (non-hydrogen) atoms. The Bertz CT molecular complexity index is 936. The number of amides is 1. The maximum absolute atomic E-state index is 12.8. The molecule has 4 nitrogen and oxygen atoms in total. The topological polar surface area (TPSA) is 41.6 Å². The number of carbonyl (C=O) groups excluding carboxylic acids is 1. The molecule has 1 aliphatic heterocycles. The van der Waals surface area contributed by atoms with Gasteiger partial charge in [-0.3, -0.25) is 4.79 Å². The van der Waals surface area contributed by atoms with Gasteiger partial charge in [0.05, 0.1) is 23.1 Å². The van der Waals surface area contributed by atoms with Crippen LogP contribution in [0.15, 0.2) is 60.7 Å². The van der Waals surface area contributed by atoms with Crippen molar-refractivity contribution in [2.75, 3.05) is 36.5 Å². The second-order valence-electron chi connectivity index (χ2n) is 6.26. The van der Waals surface area contributed by atoms with Crippen LogP contribution in [-0.4, -0.2) is 32.2 Å². The van der Waals surface area contributed by atoms with Gasteiger partial charge in [-0.15, -0.1) is 11.3 Å². The zero-order chi connectivity index (χ0) is 18.6. The Balaban J connectivity index is 1.67. The standard InChI is InChI=1S/C21H19ClN2O2S/c22-16-7-4-8-17(13-16)23-20(25)19-14-18(15-5-2-1-3-6-15)21(27-19)24-9-11-26-12-10-24/h1-8,13-14H,9-12H2,(H,23,25). The summed E-state index contributed by atoms with van der Waals surface area (Å²) in [6.45, 7) is 3.07. The first kappa shape index (κ1) is 18.0. The van der Waals surface area contributed by atoms with Gasteiger partial charge in [-0.1, -0.05) is 48.0 Å². The average molecular weight is 399 g/mol. The maximum Gasteiger partial charge on any atom is 0.265 e.